The van der Waals surface area contributed by atoms with Crippen LogP contribution in [0.2, 0.25) is 0 Å². The van der Waals surface area contributed by atoms with E-state index in [2.05, 4.69) is 27.5 Å². The Bertz CT molecular complexity index is 695. The number of thiazole rings is 1. The second kappa shape index (κ2) is 12.1. The molecule has 2 rings (SSSR count). The minimum atomic E-state index is -0.356. The van der Waals surface area contributed by atoms with Gasteiger partial charge in [0.15, 0.2) is 17.5 Å². The van der Waals surface area contributed by atoms with E-state index in [-0.39, 0.29) is 41.6 Å². The summed E-state index contributed by atoms with van der Waals surface area (Å²) in [6.07, 6.45) is 0.740. The molecular formula is C18H26FIN4OS. The van der Waals surface area contributed by atoms with E-state index in [0.717, 1.165) is 23.7 Å². The summed E-state index contributed by atoms with van der Waals surface area (Å²) in [5, 5.41) is 9.57. The maximum absolute atomic E-state index is 13.6. The van der Waals surface area contributed by atoms with Crippen LogP contribution in [0, 0.1) is 5.82 Å². The van der Waals surface area contributed by atoms with Crippen molar-refractivity contribution in [3.63, 3.8) is 0 Å². The Morgan fingerprint density at radius 2 is 2.08 bits per heavy atom. The first kappa shape index (κ1) is 22.6. The minimum absolute atomic E-state index is 0. The molecule has 1 atom stereocenters. The highest BCUT2D eigenvalue weighted by Crippen LogP contribution is 2.16. The van der Waals surface area contributed by atoms with Gasteiger partial charge in [-0.15, -0.1) is 35.3 Å². The van der Waals surface area contributed by atoms with E-state index >= 15 is 0 Å². The van der Waals surface area contributed by atoms with Gasteiger partial charge in [-0.25, -0.2) is 14.4 Å². The molecule has 1 heterocycles. The summed E-state index contributed by atoms with van der Waals surface area (Å²) in [5.74, 6) is 0.594. The number of nitrogens with zero attached hydrogens (tertiary/aromatic N) is 2. The third-order valence-electron chi connectivity index (χ3n) is 3.37. The Morgan fingerprint density at radius 3 is 2.73 bits per heavy atom. The number of para-hydroxylation sites is 1. The molecule has 0 aliphatic rings. The quantitative estimate of drug-likeness (QED) is 0.333. The lowest BCUT2D eigenvalue weighted by molar-refractivity contribution is 0.214. The van der Waals surface area contributed by atoms with Crippen LogP contribution in [-0.4, -0.2) is 30.1 Å². The molecule has 0 bridgehead atoms. The number of rotatable bonds is 8. The summed E-state index contributed by atoms with van der Waals surface area (Å²) < 4.78 is 19.2. The van der Waals surface area contributed by atoms with Crippen LogP contribution >= 0.6 is 35.3 Å². The Hall–Kier alpha value is -1.42. The first-order valence-corrected chi connectivity index (χ1v) is 9.37. The first-order valence-electron chi connectivity index (χ1n) is 8.49. The number of guanidine groups is 1. The molecule has 0 spiro atoms. The fourth-order valence-electron chi connectivity index (χ4n) is 2.12. The van der Waals surface area contributed by atoms with Crippen molar-refractivity contribution >= 4 is 41.3 Å². The van der Waals surface area contributed by atoms with E-state index in [1.54, 1.807) is 29.5 Å². The predicted molar refractivity (Wildman–Crippen MR) is 116 cm³/mol. The lowest BCUT2D eigenvalue weighted by Crippen LogP contribution is -2.41. The van der Waals surface area contributed by atoms with Crippen LogP contribution < -0.4 is 15.4 Å². The molecule has 0 aliphatic carbocycles. The molecule has 0 radical (unpaired) electrons. The SMILES string of the molecule is CCNC(=NCc1csc(CC)n1)NCC(C)Oc1ccccc1F.I. The molecule has 2 aromatic rings. The number of hydrogen-bond donors (Lipinski definition) is 2. The molecule has 5 nitrogen and oxygen atoms in total. The van der Waals surface area contributed by atoms with Gasteiger partial charge in [-0.05, 0) is 32.4 Å². The zero-order chi connectivity index (χ0) is 18.1. The summed E-state index contributed by atoms with van der Waals surface area (Å²) in [6, 6.07) is 6.41. The molecule has 8 heteroatoms. The maximum Gasteiger partial charge on any atom is 0.191 e. The average molecular weight is 492 g/mol. The van der Waals surface area contributed by atoms with Crippen LogP contribution in [0.1, 0.15) is 31.5 Å². The first-order chi connectivity index (χ1) is 12.1. The topological polar surface area (TPSA) is 58.5 Å². The summed E-state index contributed by atoms with van der Waals surface area (Å²) in [6.45, 7) is 7.78. The van der Waals surface area contributed by atoms with E-state index < -0.39 is 0 Å². The Balaban J connectivity index is 0.00000338. The molecule has 0 aliphatic heterocycles. The van der Waals surface area contributed by atoms with E-state index in [9.17, 15) is 4.39 Å². The maximum atomic E-state index is 13.6. The third-order valence-corrected chi connectivity index (χ3v) is 4.41. The highest BCUT2D eigenvalue weighted by Gasteiger charge is 2.09. The van der Waals surface area contributed by atoms with Gasteiger partial charge in [-0.1, -0.05) is 19.1 Å². The Labute approximate surface area is 175 Å². The molecule has 0 saturated carbocycles. The van der Waals surface area contributed by atoms with Gasteiger partial charge in [0.1, 0.15) is 6.10 Å². The van der Waals surface area contributed by atoms with Gasteiger partial charge in [0, 0.05) is 11.9 Å². The lowest BCUT2D eigenvalue weighted by Gasteiger charge is -2.17. The van der Waals surface area contributed by atoms with Crippen molar-refractivity contribution in [3.8, 4) is 5.75 Å². The number of aromatic nitrogens is 1. The fraction of sp³-hybridized carbons (Fsp3) is 0.444. The summed E-state index contributed by atoms with van der Waals surface area (Å²) in [5.41, 5.74) is 0.967. The van der Waals surface area contributed by atoms with Gasteiger partial charge in [0.2, 0.25) is 0 Å². The van der Waals surface area contributed by atoms with Crippen molar-refractivity contribution in [3.05, 3.63) is 46.2 Å². The zero-order valence-corrected chi connectivity index (χ0v) is 18.4. The van der Waals surface area contributed by atoms with Crippen LogP contribution in [0.15, 0.2) is 34.6 Å². The normalized spacial score (nSPS) is 12.2. The Morgan fingerprint density at radius 1 is 1.31 bits per heavy atom. The molecule has 1 unspecified atom stereocenters. The van der Waals surface area contributed by atoms with E-state index in [1.807, 2.05) is 19.2 Å². The second-order valence-corrected chi connectivity index (χ2v) is 6.46. The van der Waals surface area contributed by atoms with Crippen molar-refractivity contribution in [1.29, 1.82) is 0 Å². The molecule has 0 saturated heterocycles. The molecular weight excluding hydrogens is 466 g/mol. The van der Waals surface area contributed by atoms with Crippen LogP contribution in [0.25, 0.3) is 0 Å². The minimum Gasteiger partial charge on any atom is -0.486 e. The largest absolute Gasteiger partial charge is 0.486 e. The molecule has 1 aromatic carbocycles. The number of hydrogen-bond acceptors (Lipinski definition) is 4. The van der Waals surface area contributed by atoms with Crippen LogP contribution in [-0.2, 0) is 13.0 Å². The predicted octanol–water partition coefficient (Wildman–Crippen LogP) is 3.99. The van der Waals surface area contributed by atoms with E-state index in [0.29, 0.717) is 19.0 Å². The number of ether oxygens (including phenoxy) is 1. The highest BCUT2D eigenvalue weighted by atomic mass is 127. The number of aryl methyl sites for hydroxylation is 1. The van der Waals surface area contributed by atoms with Gasteiger partial charge in [-0.2, -0.15) is 0 Å². The van der Waals surface area contributed by atoms with Gasteiger partial charge >= 0.3 is 0 Å². The Kier molecular flexibility index (Phi) is 10.5. The number of halogens is 2. The molecule has 0 fully saturated rings. The zero-order valence-electron chi connectivity index (χ0n) is 15.3. The van der Waals surface area contributed by atoms with Crippen LogP contribution in [0.5, 0.6) is 5.75 Å². The number of aliphatic imine (C=N–C) groups is 1. The smallest absolute Gasteiger partial charge is 0.191 e. The van der Waals surface area contributed by atoms with E-state index in [4.69, 9.17) is 4.74 Å². The summed E-state index contributed by atoms with van der Waals surface area (Å²) in [7, 11) is 0. The average Bonchev–Trinajstić information content (AvgIpc) is 3.07. The number of benzene rings is 1. The summed E-state index contributed by atoms with van der Waals surface area (Å²) >= 11 is 1.66. The number of nitrogens with one attached hydrogen (secondary N) is 2. The van der Waals surface area contributed by atoms with Gasteiger partial charge in [0.25, 0.3) is 0 Å². The van der Waals surface area contributed by atoms with Crippen LogP contribution in [0.3, 0.4) is 0 Å². The van der Waals surface area contributed by atoms with Gasteiger partial charge in [-0.3, -0.25) is 0 Å². The van der Waals surface area contributed by atoms with Crippen molar-refractivity contribution < 1.29 is 9.13 Å². The molecule has 1 aromatic heterocycles. The molecule has 0 amide bonds. The summed E-state index contributed by atoms with van der Waals surface area (Å²) in [4.78, 5) is 9.05. The van der Waals surface area contributed by atoms with Crippen molar-refractivity contribution in [2.75, 3.05) is 13.1 Å². The fourth-order valence-corrected chi connectivity index (χ4v) is 2.86. The standard InChI is InChI=1S/C18H25FN4OS.HI/c1-4-17-23-14(12-25-17)11-22-18(20-5-2)21-10-13(3)24-16-9-7-6-8-15(16)19;/h6-9,12-13H,4-5,10-11H2,1-3H3,(H2,20,21,22);1H. The lowest BCUT2D eigenvalue weighted by atomic mass is 10.3. The highest BCUT2D eigenvalue weighted by molar-refractivity contribution is 14.0. The third kappa shape index (κ3) is 7.45. The van der Waals surface area contributed by atoms with Crippen molar-refractivity contribution in [1.82, 2.24) is 15.6 Å². The van der Waals surface area contributed by atoms with Crippen molar-refractivity contribution in [2.45, 2.75) is 39.8 Å². The van der Waals surface area contributed by atoms with Crippen molar-refractivity contribution in [2.24, 2.45) is 4.99 Å². The van der Waals surface area contributed by atoms with E-state index in [1.165, 1.54) is 6.07 Å². The molecule has 2 N–H and O–H groups in total. The monoisotopic (exact) mass is 492 g/mol. The van der Waals surface area contributed by atoms with Gasteiger partial charge in [0.05, 0.1) is 23.8 Å². The van der Waals surface area contributed by atoms with Gasteiger partial charge < -0.3 is 15.4 Å². The van der Waals surface area contributed by atoms with Crippen LogP contribution in [0.4, 0.5) is 4.39 Å². The molecule has 26 heavy (non-hydrogen) atoms. The molecule has 144 valence electrons. The second-order valence-electron chi connectivity index (χ2n) is 5.52.